The van der Waals surface area contributed by atoms with Crippen molar-refractivity contribution in [2.45, 2.75) is 96.8 Å². The van der Waals surface area contributed by atoms with Crippen LogP contribution in [0.5, 0.6) is 0 Å². The van der Waals surface area contributed by atoms with Gasteiger partial charge in [-0.15, -0.1) is 0 Å². The van der Waals surface area contributed by atoms with Crippen LogP contribution in [0.2, 0.25) is 0 Å². The zero-order valence-corrected chi connectivity index (χ0v) is 14.5. The number of hydrogen-bond acceptors (Lipinski definition) is 2. The molecule has 0 atom stereocenters. The number of hydrogen-bond donors (Lipinski definition) is 0. The Kier molecular flexibility index (Phi) is 18.7. The molecule has 0 fully saturated rings. The first kappa shape index (κ1) is 19.8. The van der Waals surface area contributed by atoms with Gasteiger partial charge in [-0.25, -0.2) is 0 Å². The molecule has 0 N–H and O–H groups in total. The molecule has 1 nitrogen and oxygen atoms in total. The van der Waals surface area contributed by atoms with Crippen LogP contribution in [-0.4, -0.2) is 11.5 Å². The molecular weight excluding hydrogens is 262 g/mol. The summed E-state index contributed by atoms with van der Waals surface area (Å²) in [4.78, 5) is 0. The van der Waals surface area contributed by atoms with Crippen molar-refractivity contribution in [2.24, 2.45) is 0 Å². The molecular formula is C18H35NS. The van der Waals surface area contributed by atoms with E-state index in [0.717, 1.165) is 5.75 Å². The molecule has 0 saturated heterocycles. The molecule has 0 aromatic rings. The predicted octanol–water partition coefficient (Wildman–Crippen LogP) is 6.72. The first-order chi connectivity index (χ1) is 9.91. The van der Waals surface area contributed by atoms with Crippen molar-refractivity contribution < 1.29 is 0 Å². The van der Waals surface area contributed by atoms with Crippen molar-refractivity contribution >= 4 is 11.8 Å². The Morgan fingerprint density at radius 2 is 1.10 bits per heavy atom. The molecule has 0 rings (SSSR count). The quantitative estimate of drug-likeness (QED) is 0.295. The van der Waals surface area contributed by atoms with Crippen molar-refractivity contribution in [3.63, 3.8) is 0 Å². The van der Waals surface area contributed by atoms with E-state index in [9.17, 15) is 0 Å². The fourth-order valence-corrected chi connectivity index (χ4v) is 3.29. The molecule has 0 bridgehead atoms. The molecule has 0 spiro atoms. The third-order valence-corrected chi connectivity index (χ3v) is 4.82. The molecule has 118 valence electrons. The van der Waals surface area contributed by atoms with Crippen LogP contribution in [0.25, 0.3) is 0 Å². The molecule has 0 saturated carbocycles. The molecule has 20 heavy (non-hydrogen) atoms. The first-order valence-corrected chi connectivity index (χ1v) is 10.0. The molecule has 0 aliphatic rings. The largest absolute Gasteiger partial charge is 0.198 e. The average molecular weight is 298 g/mol. The van der Waals surface area contributed by atoms with Crippen molar-refractivity contribution in [1.82, 2.24) is 0 Å². The topological polar surface area (TPSA) is 23.8 Å². The van der Waals surface area contributed by atoms with Gasteiger partial charge in [0.1, 0.15) is 0 Å². The summed E-state index contributed by atoms with van der Waals surface area (Å²) in [6.07, 6.45) is 19.2. The normalized spacial score (nSPS) is 10.6. The van der Waals surface area contributed by atoms with Gasteiger partial charge in [0.05, 0.1) is 6.07 Å². The Labute approximate surface area is 131 Å². The zero-order valence-electron chi connectivity index (χ0n) is 13.7. The maximum atomic E-state index is 8.42. The number of nitriles is 1. The minimum atomic E-state index is 0.711. The predicted molar refractivity (Wildman–Crippen MR) is 93.3 cm³/mol. The Hall–Kier alpha value is -0.160. The fourth-order valence-electron chi connectivity index (χ4n) is 2.44. The van der Waals surface area contributed by atoms with Gasteiger partial charge in [0, 0.05) is 12.2 Å². The molecule has 0 amide bonds. The number of unbranched alkanes of at least 4 members (excludes halogenated alkanes) is 12. The third kappa shape index (κ3) is 17.8. The molecule has 0 aliphatic heterocycles. The van der Waals surface area contributed by atoms with E-state index in [4.69, 9.17) is 5.26 Å². The highest BCUT2D eigenvalue weighted by Gasteiger charge is 1.94. The minimum Gasteiger partial charge on any atom is -0.198 e. The van der Waals surface area contributed by atoms with Crippen LogP contribution in [0.1, 0.15) is 96.8 Å². The number of rotatable bonds is 16. The summed E-state index contributed by atoms with van der Waals surface area (Å²) in [5, 5.41) is 8.42. The average Bonchev–Trinajstić information content (AvgIpc) is 2.47. The smallest absolute Gasteiger partial charge is 0.0630 e. The Bertz CT molecular complexity index is 210. The summed E-state index contributed by atoms with van der Waals surface area (Å²) >= 11 is 1.94. The third-order valence-electron chi connectivity index (χ3n) is 3.75. The van der Waals surface area contributed by atoms with Gasteiger partial charge in [0.2, 0.25) is 0 Å². The van der Waals surface area contributed by atoms with Gasteiger partial charge in [-0.2, -0.15) is 17.0 Å². The monoisotopic (exact) mass is 297 g/mol. The van der Waals surface area contributed by atoms with E-state index in [1.165, 1.54) is 89.2 Å². The van der Waals surface area contributed by atoms with Gasteiger partial charge < -0.3 is 0 Å². The van der Waals surface area contributed by atoms with Gasteiger partial charge in [0.25, 0.3) is 0 Å². The lowest BCUT2D eigenvalue weighted by Crippen LogP contribution is -1.85. The van der Waals surface area contributed by atoms with Crippen LogP contribution in [-0.2, 0) is 0 Å². The molecule has 0 heterocycles. The number of nitrogens with zero attached hydrogens (tertiary/aromatic N) is 1. The van der Waals surface area contributed by atoms with Gasteiger partial charge in [-0.3, -0.25) is 0 Å². The van der Waals surface area contributed by atoms with E-state index in [1.54, 1.807) is 0 Å². The standard InChI is InChI=1S/C18H35NS/c1-2-3-4-5-6-7-8-9-10-11-12-13-14-17-20-18-15-16-19/h2-15,17-18H2,1H3. The van der Waals surface area contributed by atoms with E-state index >= 15 is 0 Å². The van der Waals surface area contributed by atoms with E-state index < -0.39 is 0 Å². The fraction of sp³-hybridized carbons (Fsp3) is 0.944. The summed E-state index contributed by atoms with van der Waals surface area (Å²) in [5.41, 5.74) is 0. The highest BCUT2D eigenvalue weighted by atomic mass is 32.2. The van der Waals surface area contributed by atoms with E-state index in [2.05, 4.69) is 13.0 Å². The van der Waals surface area contributed by atoms with Crippen molar-refractivity contribution in [3.05, 3.63) is 0 Å². The molecule has 0 aromatic carbocycles. The highest BCUT2D eigenvalue weighted by Crippen LogP contribution is 2.13. The van der Waals surface area contributed by atoms with E-state index in [1.807, 2.05) is 11.8 Å². The van der Waals surface area contributed by atoms with Crippen molar-refractivity contribution in [2.75, 3.05) is 11.5 Å². The lowest BCUT2D eigenvalue weighted by Gasteiger charge is -2.03. The summed E-state index contributed by atoms with van der Waals surface area (Å²) in [6.45, 7) is 2.28. The Morgan fingerprint density at radius 3 is 1.55 bits per heavy atom. The second kappa shape index (κ2) is 18.8. The maximum absolute atomic E-state index is 8.42. The van der Waals surface area contributed by atoms with Crippen LogP contribution in [0.3, 0.4) is 0 Å². The second-order valence-corrected chi connectivity index (χ2v) is 6.99. The Balaban J connectivity index is 2.91. The van der Waals surface area contributed by atoms with Gasteiger partial charge >= 0.3 is 0 Å². The summed E-state index contributed by atoms with van der Waals surface area (Å²) in [5.74, 6) is 2.27. The van der Waals surface area contributed by atoms with Gasteiger partial charge in [-0.1, -0.05) is 84.0 Å². The van der Waals surface area contributed by atoms with Crippen LogP contribution in [0.15, 0.2) is 0 Å². The van der Waals surface area contributed by atoms with Crippen LogP contribution >= 0.6 is 11.8 Å². The van der Waals surface area contributed by atoms with Crippen molar-refractivity contribution in [1.29, 1.82) is 5.26 Å². The first-order valence-electron chi connectivity index (χ1n) is 8.86. The number of thioether (sulfide) groups is 1. The molecule has 2 heteroatoms. The highest BCUT2D eigenvalue weighted by molar-refractivity contribution is 7.99. The minimum absolute atomic E-state index is 0.711. The molecule has 0 radical (unpaired) electrons. The van der Waals surface area contributed by atoms with Crippen molar-refractivity contribution in [3.8, 4) is 6.07 Å². The van der Waals surface area contributed by atoms with Crippen LogP contribution in [0, 0.1) is 11.3 Å². The van der Waals surface area contributed by atoms with Gasteiger partial charge in [0.15, 0.2) is 0 Å². The maximum Gasteiger partial charge on any atom is 0.0630 e. The summed E-state index contributed by atoms with van der Waals surface area (Å²) in [7, 11) is 0. The lowest BCUT2D eigenvalue weighted by molar-refractivity contribution is 0.543. The second-order valence-electron chi connectivity index (χ2n) is 5.76. The Morgan fingerprint density at radius 1 is 0.650 bits per heavy atom. The summed E-state index contributed by atoms with van der Waals surface area (Å²) < 4.78 is 0. The molecule has 0 unspecified atom stereocenters. The SMILES string of the molecule is CCCCCCCCCCCCCCCSCCC#N. The van der Waals surface area contributed by atoms with Gasteiger partial charge in [-0.05, 0) is 12.2 Å². The lowest BCUT2D eigenvalue weighted by atomic mass is 10.1. The molecule has 0 aliphatic carbocycles. The van der Waals surface area contributed by atoms with E-state index in [0.29, 0.717) is 6.42 Å². The zero-order chi connectivity index (χ0) is 14.7. The summed E-state index contributed by atoms with van der Waals surface area (Å²) in [6, 6.07) is 2.20. The van der Waals surface area contributed by atoms with E-state index in [-0.39, 0.29) is 0 Å². The molecule has 0 aromatic heterocycles. The van der Waals surface area contributed by atoms with Crippen LogP contribution < -0.4 is 0 Å². The van der Waals surface area contributed by atoms with Crippen LogP contribution in [0.4, 0.5) is 0 Å².